The van der Waals surface area contributed by atoms with Gasteiger partial charge >= 0.3 is 5.97 Å². The molecule has 3 nitrogen and oxygen atoms in total. The van der Waals surface area contributed by atoms with Gasteiger partial charge < -0.3 is 9.47 Å². The fraction of sp³-hybridized carbons (Fsp3) is 0.464. The molecule has 1 atom stereocenters. The first kappa shape index (κ1) is 21.7. The maximum Gasteiger partial charge on any atom is 0.330 e. The maximum atomic E-state index is 11.7. The maximum absolute atomic E-state index is 11.7. The molecule has 164 valence electrons. The van der Waals surface area contributed by atoms with Crippen LogP contribution in [0.25, 0.3) is 5.57 Å². The Morgan fingerprint density at radius 3 is 2.29 bits per heavy atom. The highest BCUT2D eigenvalue weighted by Gasteiger charge is 2.42. The fourth-order valence-electron chi connectivity index (χ4n) is 5.12. The van der Waals surface area contributed by atoms with Crippen molar-refractivity contribution in [1.82, 2.24) is 0 Å². The first-order chi connectivity index (χ1) is 14.5. The molecule has 31 heavy (non-hydrogen) atoms. The summed E-state index contributed by atoms with van der Waals surface area (Å²) in [5.41, 5.74) is 7.45. The number of hydrogen-bond acceptors (Lipinski definition) is 3. The molecule has 0 aromatic heterocycles. The smallest absolute Gasteiger partial charge is 0.330 e. The Morgan fingerprint density at radius 2 is 1.61 bits per heavy atom. The topological polar surface area (TPSA) is 35.5 Å². The molecule has 0 spiro atoms. The lowest BCUT2D eigenvalue weighted by atomic mass is 9.62. The van der Waals surface area contributed by atoms with Gasteiger partial charge in [-0.05, 0) is 77.5 Å². The van der Waals surface area contributed by atoms with E-state index in [1.54, 1.807) is 6.08 Å². The summed E-state index contributed by atoms with van der Waals surface area (Å²) in [5.74, 6) is 0.589. The minimum Gasteiger partial charge on any atom is -0.492 e. The van der Waals surface area contributed by atoms with Gasteiger partial charge in [-0.3, -0.25) is 0 Å². The van der Waals surface area contributed by atoms with Gasteiger partial charge in [0.05, 0.1) is 12.5 Å². The predicted octanol–water partition coefficient (Wildman–Crippen LogP) is 6.31. The second-order valence-corrected chi connectivity index (χ2v) is 10.7. The number of esters is 1. The van der Waals surface area contributed by atoms with E-state index in [4.69, 9.17) is 9.47 Å². The van der Waals surface area contributed by atoms with Crippen LogP contribution < -0.4 is 4.74 Å². The molecule has 3 heteroatoms. The van der Waals surface area contributed by atoms with Crippen LogP contribution in [-0.2, 0) is 25.8 Å². The highest BCUT2D eigenvalue weighted by atomic mass is 16.5. The third kappa shape index (κ3) is 3.58. The first-order valence-electron chi connectivity index (χ1n) is 11.2. The monoisotopic (exact) mass is 418 g/mol. The van der Waals surface area contributed by atoms with Crippen LogP contribution in [0, 0.1) is 0 Å². The quantitative estimate of drug-likeness (QED) is 0.433. The van der Waals surface area contributed by atoms with Crippen LogP contribution >= 0.6 is 0 Å². The van der Waals surface area contributed by atoms with E-state index in [0.29, 0.717) is 6.61 Å². The highest BCUT2D eigenvalue weighted by molar-refractivity contribution is 5.91. The lowest BCUT2D eigenvalue weighted by Crippen LogP contribution is -2.35. The van der Waals surface area contributed by atoms with E-state index >= 15 is 0 Å². The molecular weight excluding hydrogens is 384 g/mol. The highest BCUT2D eigenvalue weighted by Crippen LogP contribution is 2.49. The third-order valence-corrected chi connectivity index (χ3v) is 7.57. The van der Waals surface area contributed by atoms with Gasteiger partial charge in [-0.1, -0.05) is 52.0 Å². The number of rotatable bonds is 3. The summed E-state index contributed by atoms with van der Waals surface area (Å²) in [6.07, 6.45) is 3.95. The average Bonchev–Trinajstić information content (AvgIpc) is 3.08. The molecule has 0 radical (unpaired) electrons. The molecule has 0 amide bonds. The second kappa shape index (κ2) is 7.25. The Kier molecular flexibility index (Phi) is 5.07. The first-order valence-corrected chi connectivity index (χ1v) is 11.2. The van der Waals surface area contributed by atoms with Crippen LogP contribution in [0.5, 0.6) is 5.75 Å². The van der Waals surface area contributed by atoms with E-state index < -0.39 is 0 Å². The molecule has 0 N–H and O–H groups in total. The molecule has 2 aliphatic rings. The summed E-state index contributed by atoms with van der Waals surface area (Å²) >= 11 is 0. The molecule has 1 aliphatic heterocycles. The summed E-state index contributed by atoms with van der Waals surface area (Å²) in [6.45, 7) is 14.3. The van der Waals surface area contributed by atoms with Crippen molar-refractivity contribution >= 4 is 11.5 Å². The van der Waals surface area contributed by atoms with E-state index in [1.165, 1.54) is 42.2 Å². The van der Waals surface area contributed by atoms with Crippen LogP contribution in [0.2, 0.25) is 0 Å². The van der Waals surface area contributed by atoms with Gasteiger partial charge in [0, 0.05) is 11.6 Å². The number of allylic oxidation sites excluding steroid dienone is 1. The van der Waals surface area contributed by atoms with Crippen molar-refractivity contribution in [3.8, 4) is 5.75 Å². The molecule has 2 aromatic rings. The van der Waals surface area contributed by atoms with Gasteiger partial charge in [0.15, 0.2) is 0 Å². The molecule has 1 unspecified atom stereocenters. The van der Waals surface area contributed by atoms with Crippen molar-refractivity contribution in [3.05, 3.63) is 70.3 Å². The van der Waals surface area contributed by atoms with Crippen LogP contribution in [-0.4, -0.2) is 19.7 Å². The molecule has 1 heterocycles. The Labute approximate surface area is 186 Å². The molecule has 0 saturated heterocycles. The van der Waals surface area contributed by atoms with Gasteiger partial charge in [-0.2, -0.15) is 0 Å². The second-order valence-electron chi connectivity index (χ2n) is 10.7. The number of carbonyl (C=O) groups is 1. The van der Waals surface area contributed by atoms with E-state index in [1.807, 2.05) is 19.1 Å². The summed E-state index contributed by atoms with van der Waals surface area (Å²) in [6, 6.07) is 13.3. The van der Waals surface area contributed by atoms with Crippen LogP contribution in [0.3, 0.4) is 0 Å². The Hall–Kier alpha value is -2.55. The summed E-state index contributed by atoms with van der Waals surface area (Å²) in [4.78, 5) is 11.7. The molecular formula is C28H34O3. The number of carbonyl (C=O) groups excluding carboxylic acids is 1. The molecule has 4 rings (SSSR count). The molecule has 0 fully saturated rings. The van der Waals surface area contributed by atoms with Crippen molar-refractivity contribution in [3.63, 3.8) is 0 Å². The number of benzene rings is 2. The van der Waals surface area contributed by atoms with Crippen molar-refractivity contribution in [2.45, 2.75) is 70.6 Å². The van der Waals surface area contributed by atoms with Gasteiger partial charge in [-0.15, -0.1) is 0 Å². The Morgan fingerprint density at radius 1 is 0.935 bits per heavy atom. The molecule has 1 aliphatic carbocycles. The zero-order valence-corrected chi connectivity index (χ0v) is 19.9. The number of hydrogen-bond donors (Lipinski definition) is 0. The van der Waals surface area contributed by atoms with E-state index in [9.17, 15) is 4.79 Å². The lowest BCUT2D eigenvalue weighted by molar-refractivity contribution is -0.134. The van der Waals surface area contributed by atoms with Gasteiger partial charge in [0.25, 0.3) is 0 Å². The lowest BCUT2D eigenvalue weighted by Gasteiger charge is -2.42. The minimum atomic E-state index is -0.337. The molecule has 0 saturated carbocycles. The Balaban J connectivity index is 1.81. The Bertz CT molecular complexity index is 1070. The normalized spacial score (nSPS) is 23.5. The van der Waals surface area contributed by atoms with E-state index in [-0.39, 0.29) is 22.2 Å². The van der Waals surface area contributed by atoms with Crippen LogP contribution in [0.4, 0.5) is 0 Å². The predicted molar refractivity (Wildman–Crippen MR) is 126 cm³/mol. The average molecular weight is 419 g/mol. The zero-order valence-electron chi connectivity index (χ0n) is 19.9. The third-order valence-electron chi connectivity index (χ3n) is 7.57. The number of fused-ring (bicyclic) bond motifs is 2. The molecule has 2 aromatic carbocycles. The summed E-state index contributed by atoms with van der Waals surface area (Å²) in [5, 5.41) is 0. The van der Waals surface area contributed by atoms with Gasteiger partial charge in [-0.25, -0.2) is 4.79 Å². The minimum absolute atomic E-state index is 0.168. The molecule has 0 bridgehead atoms. The number of ether oxygens (including phenoxy) is 2. The fourth-order valence-corrected chi connectivity index (χ4v) is 5.12. The van der Waals surface area contributed by atoms with E-state index in [0.717, 1.165) is 16.9 Å². The van der Waals surface area contributed by atoms with Crippen LogP contribution in [0.15, 0.2) is 42.5 Å². The zero-order chi connectivity index (χ0) is 22.6. The van der Waals surface area contributed by atoms with E-state index in [2.05, 4.69) is 58.9 Å². The summed E-state index contributed by atoms with van der Waals surface area (Å²) in [7, 11) is 1.40. The van der Waals surface area contributed by atoms with Crippen LogP contribution in [0.1, 0.15) is 82.2 Å². The van der Waals surface area contributed by atoms with Crippen molar-refractivity contribution < 1.29 is 14.3 Å². The summed E-state index contributed by atoms with van der Waals surface area (Å²) < 4.78 is 10.9. The van der Waals surface area contributed by atoms with Crippen molar-refractivity contribution in [2.24, 2.45) is 0 Å². The van der Waals surface area contributed by atoms with Gasteiger partial charge in [0.1, 0.15) is 12.4 Å². The standard InChI is InChI=1S/C28H34O3/c1-18(14-25(29)30-7)19-8-11-24-23(15-19)28(6,17-31-24)20-9-10-21-22(16-20)27(4,5)13-12-26(21,2)3/h8-11,14-16H,12-13,17H2,1-7H3/b18-14-. The SMILES string of the molecule is COC(=O)/C=C(/C)c1ccc2c(c1)C(C)(c1ccc3c(c1)C(C)(C)CCC3(C)C)CO2. The largest absolute Gasteiger partial charge is 0.492 e. The van der Waals surface area contributed by atoms with Gasteiger partial charge in [0.2, 0.25) is 0 Å². The number of methoxy groups -OCH3 is 1. The van der Waals surface area contributed by atoms with Crippen molar-refractivity contribution in [2.75, 3.05) is 13.7 Å². The van der Waals surface area contributed by atoms with Crippen molar-refractivity contribution in [1.29, 1.82) is 0 Å².